The van der Waals surface area contributed by atoms with Gasteiger partial charge in [-0.1, -0.05) is 62.7 Å². The fourth-order valence-electron chi connectivity index (χ4n) is 4.30. The van der Waals surface area contributed by atoms with Gasteiger partial charge in [-0.25, -0.2) is 14.3 Å². The van der Waals surface area contributed by atoms with Crippen LogP contribution in [0.25, 0.3) is 22.3 Å². The van der Waals surface area contributed by atoms with Gasteiger partial charge in [0, 0.05) is 18.8 Å². The van der Waals surface area contributed by atoms with Crippen molar-refractivity contribution in [3.63, 3.8) is 0 Å². The smallest absolute Gasteiger partial charge is 0.333 e. The molecule has 36 heavy (non-hydrogen) atoms. The van der Waals surface area contributed by atoms with Gasteiger partial charge in [0.15, 0.2) is 11.2 Å². The molecule has 0 aliphatic heterocycles. The number of hydrogen-bond donors (Lipinski definition) is 2. The Balaban J connectivity index is 1.67. The first-order chi connectivity index (χ1) is 17.5. The molecule has 2 aromatic carbocycles. The van der Waals surface area contributed by atoms with Crippen molar-refractivity contribution in [3.05, 3.63) is 81.3 Å². The monoisotopic (exact) mass is 489 g/mol. The highest BCUT2D eigenvalue weighted by Gasteiger charge is 2.22. The zero-order valence-electron chi connectivity index (χ0n) is 20.6. The van der Waals surface area contributed by atoms with E-state index in [0.29, 0.717) is 37.4 Å². The molecule has 0 unspecified atom stereocenters. The van der Waals surface area contributed by atoms with E-state index < -0.39 is 23.7 Å². The fraction of sp³-hybridized carbons (Fsp3) is 0.333. The Hall–Kier alpha value is -3.98. The summed E-state index contributed by atoms with van der Waals surface area (Å²) in [6.07, 6.45) is 2.27. The zero-order valence-corrected chi connectivity index (χ0v) is 20.6. The minimum absolute atomic E-state index is 0.233. The van der Waals surface area contributed by atoms with Gasteiger partial charge in [-0.15, -0.1) is 0 Å². The Morgan fingerprint density at radius 3 is 2.22 bits per heavy atom. The highest BCUT2D eigenvalue weighted by Crippen LogP contribution is 2.21. The van der Waals surface area contributed by atoms with Crippen LogP contribution in [0, 0.1) is 0 Å². The van der Waals surface area contributed by atoms with Crippen LogP contribution in [0.2, 0.25) is 0 Å². The van der Waals surface area contributed by atoms with E-state index in [1.807, 2.05) is 56.3 Å². The van der Waals surface area contributed by atoms with Gasteiger partial charge in [0.2, 0.25) is 5.91 Å². The number of anilines is 1. The number of unbranched alkanes of at least 4 members (excludes halogenated alkanes) is 1. The summed E-state index contributed by atoms with van der Waals surface area (Å²) in [5, 5.41) is 12.6. The van der Waals surface area contributed by atoms with Crippen molar-refractivity contribution in [2.45, 2.75) is 59.4 Å². The Kier molecular flexibility index (Phi) is 7.80. The van der Waals surface area contributed by atoms with Crippen LogP contribution in [0.4, 0.5) is 5.69 Å². The van der Waals surface area contributed by atoms with Crippen molar-refractivity contribution < 1.29 is 9.90 Å². The molecule has 0 fully saturated rings. The van der Waals surface area contributed by atoms with Crippen molar-refractivity contribution in [2.75, 3.05) is 5.32 Å². The first-order valence-corrected chi connectivity index (χ1v) is 12.3. The van der Waals surface area contributed by atoms with Gasteiger partial charge in [-0.05, 0) is 36.1 Å². The zero-order chi connectivity index (χ0) is 25.7. The third-order valence-corrected chi connectivity index (χ3v) is 6.09. The number of aliphatic hydroxyl groups is 1. The second-order valence-electron chi connectivity index (χ2n) is 8.68. The summed E-state index contributed by atoms with van der Waals surface area (Å²) < 4.78 is 4.05. The molecule has 4 rings (SSSR count). The molecule has 188 valence electrons. The molecule has 0 aliphatic carbocycles. The summed E-state index contributed by atoms with van der Waals surface area (Å²) in [6, 6.07) is 17.3. The van der Waals surface area contributed by atoms with Crippen LogP contribution in [-0.4, -0.2) is 29.7 Å². The molecule has 9 heteroatoms. The van der Waals surface area contributed by atoms with E-state index in [1.165, 1.54) is 4.57 Å². The van der Waals surface area contributed by atoms with Gasteiger partial charge in [0.05, 0.1) is 0 Å². The third-order valence-electron chi connectivity index (χ3n) is 6.09. The molecule has 0 saturated heterocycles. The fourth-order valence-corrected chi connectivity index (χ4v) is 4.30. The third kappa shape index (κ3) is 5.01. The minimum Gasteiger partial charge on any atom is -0.388 e. The van der Waals surface area contributed by atoms with Crippen molar-refractivity contribution in [2.24, 2.45) is 0 Å². The molecule has 0 atom stereocenters. The van der Waals surface area contributed by atoms with Crippen LogP contribution >= 0.6 is 0 Å². The number of benzene rings is 2. The average molecular weight is 490 g/mol. The summed E-state index contributed by atoms with van der Waals surface area (Å²) in [5.74, 6) is -0.152. The molecule has 2 N–H and O–H groups in total. The molecule has 4 aromatic rings. The van der Waals surface area contributed by atoms with E-state index in [4.69, 9.17) is 0 Å². The lowest BCUT2D eigenvalue weighted by Crippen LogP contribution is -2.43. The number of hydrogen-bond acceptors (Lipinski definition) is 5. The molecule has 9 nitrogen and oxygen atoms in total. The van der Waals surface area contributed by atoms with Crippen LogP contribution in [0.1, 0.15) is 38.9 Å². The van der Waals surface area contributed by atoms with E-state index in [0.717, 1.165) is 22.1 Å². The number of amides is 1. The summed E-state index contributed by atoms with van der Waals surface area (Å²) in [6.45, 7) is 4.01. The SMILES string of the molecule is CCCCn1c(=O)n(CC(=O)Nc2ccc(-c3ccccc3)cc2)c(=O)c2c1nc(CO)n2CCC. The normalized spacial score (nSPS) is 11.2. The Morgan fingerprint density at radius 2 is 1.58 bits per heavy atom. The van der Waals surface area contributed by atoms with Crippen LogP contribution < -0.4 is 16.6 Å². The maximum atomic E-state index is 13.4. The molecular weight excluding hydrogens is 458 g/mol. The lowest BCUT2D eigenvalue weighted by molar-refractivity contribution is -0.116. The van der Waals surface area contributed by atoms with Crippen LogP contribution in [0.5, 0.6) is 0 Å². The molecule has 0 radical (unpaired) electrons. The standard InChI is InChI=1S/C27H31N5O4/c1-3-5-16-31-25-24(30(15-4-2)22(18-33)29-25)26(35)32(27(31)36)17-23(34)28-21-13-11-20(12-14-21)19-9-7-6-8-10-19/h6-14,33H,3-5,15-18H2,1-2H3,(H,28,34). The first-order valence-electron chi connectivity index (χ1n) is 12.3. The second-order valence-corrected chi connectivity index (χ2v) is 8.68. The van der Waals surface area contributed by atoms with Crippen LogP contribution in [0.15, 0.2) is 64.2 Å². The van der Waals surface area contributed by atoms with Crippen molar-refractivity contribution in [1.82, 2.24) is 18.7 Å². The topological polar surface area (TPSA) is 111 Å². The number of aryl methyl sites for hydroxylation is 2. The largest absolute Gasteiger partial charge is 0.388 e. The maximum Gasteiger partial charge on any atom is 0.333 e. The maximum absolute atomic E-state index is 13.4. The lowest BCUT2D eigenvalue weighted by Gasteiger charge is -2.13. The molecule has 0 bridgehead atoms. The van der Waals surface area contributed by atoms with Gasteiger partial charge in [0.1, 0.15) is 19.0 Å². The number of carbonyl (C=O) groups is 1. The van der Waals surface area contributed by atoms with Crippen molar-refractivity contribution in [3.8, 4) is 11.1 Å². The number of rotatable bonds is 10. The molecule has 0 spiro atoms. The molecule has 0 aliphatic rings. The summed E-state index contributed by atoms with van der Waals surface area (Å²) in [5.41, 5.74) is 1.96. The molecule has 0 saturated carbocycles. The number of aromatic nitrogens is 4. The Morgan fingerprint density at radius 1 is 0.889 bits per heavy atom. The van der Waals surface area contributed by atoms with Gasteiger partial charge >= 0.3 is 5.69 Å². The van der Waals surface area contributed by atoms with Crippen molar-refractivity contribution >= 4 is 22.8 Å². The van der Waals surface area contributed by atoms with Gasteiger partial charge in [0.25, 0.3) is 5.56 Å². The lowest BCUT2D eigenvalue weighted by atomic mass is 10.1. The van der Waals surface area contributed by atoms with Crippen LogP contribution in [-0.2, 0) is 31.0 Å². The highest BCUT2D eigenvalue weighted by atomic mass is 16.3. The van der Waals surface area contributed by atoms with E-state index in [1.54, 1.807) is 16.7 Å². The van der Waals surface area contributed by atoms with Gasteiger partial charge in [-0.3, -0.25) is 14.2 Å². The average Bonchev–Trinajstić information content (AvgIpc) is 3.26. The highest BCUT2D eigenvalue weighted by molar-refractivity contribution is 5.91. The van der Waals surface area contributed by atoms with Gasteiger partial charge < -0.3 is 15.0 Å². The van der Waals surface area contributed by atoms with Crippen LogP contribution in [0.3, 0.4) is 0 Å². The van der Waals surface area contributed by atoms with Gasteiger partial charge in [-0.2, -0.15) is 0 Å². The Labute approximate surface area is 208 Å². The Bertz CT molecular complexity index is 1470. The van der Waals surface area contributed by atoms with E-state index in [9.17, 15) is 19.5 Å². The number of nitrogens with zero attached hydrogens (tertiary/aromatic N) is 4. The molecular formula is C27H31N5O4. The van der Waals surface area contributed by atoms with Crippen molar-refractivity contribution in [1.29, 1.82) is 0 Å². The number of fused-ring (bicyclic) bond motifs is 1. The molecule has 1 amide bonds. The number of aliphatic hydroxyl groups excluding tert-OH is 1. The number of nitrogens with one attached hydrogen (secondary N) is 1. The first kappa shape index (κ1) is 25.1. The predicted octanol–water partition coefficient (Wildman–Crippen LogP) is 3.37. The van der Waals surface area contributed by atoms with E-state index in [-0.39, 0.29) is 17.8 Å². The van der Waals surface area contributed by atoms with E-state index in [2.05, 4.69) is 10.3 Å². The number of imidazole rings is 1. The number of carbonyl (C=O) groups excluding carboxylic acids is 1. The predicted molar refractivity (Wildman–Crippen MR) is 140 cm³/mol. The summed E-state index contributed by atoms with van der Waals surface area (Å²) >= 11 is 0. The summed E-state index contributed by atoms with van der Waals surface area (Å²) in [4.78, 5) is 44.0. The molecule has 2 aromatic heterocycles. The molecule has 2 heterocycles. The minimum atomic E-state index is -0.585. The second kappa shape index (κ2) is 11.2. The quantitative estimate of drug-likeness (QED) is 0.355. The summed E-state index contributed by atoms with van der Waals surface area (Å²) in [7, 11) is 0. The van der Waals surface area contributed by atoms with E-state index >= 15 is 0 Å².